The lowest BCUT2D eigenvalue weighted by Crippen LogP contribution is -3.13. The van der Waals surface area contributed by atoms with Gasteiger partial charge in [-0.1, -0.05) is 6.07 Å². The maximum absolute atomic E-state index is 13.1. The van der Waals surface area contributed by atoms with Crippen molar-refractivity contribution in [1.29, 1.82) is 0 Å². The molecule has 0 bridgehead atoms. The van der Waals surface area contributed by atoms with Crippen LogP contribution >= 0.6 is 0 Å². The van der Waals surface area contributed by atoms with Crippen LogP contribution in [0.5, 0.6) is 0 Å². The van der Waals surface area contributed by atoms with E-state index >= 15 is 0 Å². The van der Waals surface area contributed by atoms with Gasteiger partial charge >= 0.3 is 0 Å². The second-order valence-electron chi connectivity index (χ2n) is 6.73. The average molecular weight is 382 g/mol. The van der Waals surface area contributed by atoms with Crippen LogP contribution in [0.25, 0.3) is 0 Å². The molecule has 0 atom stereocenters. The number of H-pyrrole nitrogens is 1. The average Bonchev–Trinajstić information content (AvgIpc) is 2.71. The van der Waals surface area contributed by atoms with Gasteiger partial charge in [0.05, 0.1) is 6.20 Å². The molecule has 0 radical (unpaired) electrons. The number of aromatic amines is 1. The van der Waals surface area contributed by atoms with Crippen LogP contribution in [0.1, 0.15) is 5.82 Å². The minimum Gasteiger partial charge on any atom is -0.368 e. The fraction of sp³-hybridized carbons (Fsp3) is 0.263. The number of benzene rings is 1. The van der Waals surface area contributed by atoms with Gasteiger partial charge in [-0.3, -0.25) is 4.90 Å². The number of halogens is 1. The van der Waals surface area contributed by atoms with Crippen molar-refractivity contribution >= 4 is 23.4 Å². The number of quaternary nitrogens is 1. The fourth-order valence-electron chi connectivity index (χ4n) is 3.28. The van der Waals surface area contributed by atoms with Crippen LogP contribution in [0.2, 0.25) is 0 Å². The zero-order chi connectivity index (χ0) is 19.3. The van der Waals surface area contributed by atoms with E-state index in [0.717, 1.165) is 32.0 Å². The fourth-order valence-corrected chi connectivity index (χ4v) is 3.28. The Hall–Kier alpha value is -3.33. The number of aromatic nitrogens is 4. The largest absolute Gasteiger partial charge is 0.368 e. The van der Waals surface area contributed by atoms with Gasteiger partial charge in [0.2, 0.25) is 11.9 Å². The number of nitrogens with zero attached hydrogens (tertiary/aromatic N) is 4. The Morgan fingerprint density at radius 2 is 1.86 bits per heavy atom. The third-order valence-corrected chi connectivity index (χ3v) is 4.71. The number of rotatable bonds is 5. The van der Waals surface area contributed by atoms with Gasteiger partial charge in [0.15, 0.2) is 5.82 Å². The van der Waals surface area contributed by atoms with Crippen molar-refractivity contribution in [3.8, 4) is 0 Å². The molecule has 1 saturated heterocycles. The standard InChI is InChI=1S/C19H21FN8/c20-14-4-6-15(7-5-14)23-19-25-16(24-18(21)26-19)13-27-9-11-28(12-10-27)17-3-1-2-8-22-17/h1-8H,9-13H2,(H3,21,23,24,25,26)/p+2. The van der Waals surface area contributed by atoms with Crippen LogP contribution in [0.15, 0.2) is 48.7 Å². The van der Waals surface area contributed by atoms with Gasteiger partial charge in [0, 0.05) is 11.8 Å². The first-order valence-corrected chi connectivity index (χ1v) is 9.24. The number of nitrogens with two attached hydrogens (primary N) is 1. The molecule has 1 aliphatic rings. The molecule has 28 heavy (non-hydrogen) atoms. The van der Waals surface area contributed by atoms with E-state index in [-0.39, 0.29) is 11.8 Å². The molecule has 0 amide bonds. The SMILES string of the molecule is Nc1nc(C[NH+]2CCN(c3cccc[nH+]3)CC2)nc(Nc2ccc(F)cc2)n1. The number of hydrogen-bond donors (Lipinski definition) is 3. The molecule has 0 aliphatic carbocycles. The highest BCUT2D eigenvalue weighted by Crippen LogP contribution is 2.14. The quantitative estimate of drug-likeness (QED) is 0.577. The first kappa shape index (κ1) is 18.1. The molecule has 0 unspecified atom stereocenters. The van der Waals surface area contributed by atoms with Crippen molar-refractivity contribution in [2.24, 2.45) is 0 Å². The normalized spacial score (nSPS) is 14.8. The molecule has 1 fully saturated rings. The zero-order valence-corrected chi connectivity index (χ0v) is 15.4. The van der Waals surface area contributed by atoms with Crippen LogP contribution in [0.4, 0.5) is 27.8 Å². The number of hydrogen-bond acceptors (Lipinski definition) is 6. The van der Waals surface area contributed by atoms with Gasteiger partial charge in [-0.2, -0.15) is 15.0 Å². The molecular formula is C19H23FN8+2. The van der Waals surface area contributed by atoms with Gasteiger partial charge in [0.1, 0.15) is 38.5 Å². The van der Waals surface area contributed by atoms with Gasteiger partial charge in [-0.15, -0.1) is 0 Å². The lowest BCUT2D eigenvalue weighted by atomic mass is 10.3. The van der Waals surface area contributed by atoms with E-state index in [4.69, 9.17) is 5.73 Å². The molecule has 5 N–H and O–H groups in total. The number of nitrogen functional groups attached to an aromatic ring is 1. The molecule has 0 spiro atoms. The maximum atomic E-state index is 13.1. The maximum Gasteiger partial charge on any atom is 0.274 e. The van der Waals surface area contributed by atoms with Crippen molar-refractivity contribution in [3.63, 3.8) is 0 Å². The second kappa shape index (κ2) is 8.13. The third kappa shape index (κ3) is 4.49. The minimum absolute atomic E-state index is 0.173. The topological polar surface area (TPSA) is 98.5 Å². The summed E-state index contributed by atoms with van der Waals surface area (Å²) in [5, 5.41) is 3.05. The number of piperazine rings is 1. The Bertz CT molecular complexity index is 911. The molecule has 4 rings (SSSR count). The van der Waals surface area contributed by atoms with Gasteiger partial charge in [0.25, 0.3) is 5.82 Å². The lowest BCUT2D eigenvalue weighted by Gasteiger charge is -2.27. The molecule has 3 heterocycles. The molecule has 8 nitrogen and oxygen atoms in total. The van der Waals surface area contributed by atoms with E-state index in [1.807, 2.05) is 18.3 Å². The Kier molecular flexibility index (Phi) is 5.24. The summed E-state index contributed by atoms with van der Waals surface area (Å²) in [5.74, 6) is 2.03. The minimum atomic E-state index is -0.294. The molecular weight excluding hydrogens is 359 g/mol. The van der Waals surface area contributed by atoms with E-state index in [0.29, 0.717) is 24.0 Å². The van der Waals surface area contributed by atoms with Crippen LogP contribution in [-0.2, 0) is 6.54 Å². The second-order valence-corrected chi connectivity index (χ2v) is 6.73. The van der Waals surface area contributed by atoms with Crippen molar-refractivity contribution in [2.75, 3.05) is 42.1 Å². The molecule has 1 aromatic carbocycles. The summed E-state index contributed by atoms with van der Waals surface area (Å²) in [6.07, 6.45) is 1.94. The van der Waals surface area contributed by atoms with Crippen LogP contribution < -0.4 is 25.8 Å². The Morgan fingerprint density at radius 3 is 2.57 bits per heavy atom. The summed E-state index contributed by atoms with van der Waals surface area (Å²) < 4.78 is 13.1. The summed E-state index contributed by atoms with van der Waals surface area (Å²) in [7, 11) is 0. The number of pyridine rings is 1. The Balaban J connectivity index is 1.38. The Morgan fingerprint density at radius 1 is 1.07 bits per heavy atom. The Labute approximate surface area is 162 Å². The summed E-state index contributed by atoms with van der Waals surface area (Å²) in [5.41, 5.74) is 6.55. The molecule has 3 aromatic rings. The highest BCUT2D eigenvalue weighted by Gasteiger charge is 2.26. The van der Waals surface area contributed by atoms with Crippen LogP contribution in [0.3, 0.4) is 0 Å². The predicted octanol–water partition coefficient (Wildman–Crippen LogP) is 0.0557. The van der Waals surface area contributed by atoms with E-state index in [2.05, 4.69) is 36.2 Å². The van der Waals surface area contributed by atoms with Crippen molar-refractivity contribution in [3.05, 3.63) is 60.3 Å². The number of nitrogens with one attached hydrogen (secondary N) is 3. The molecule has 144 valence electrons. The smallest absolute Gasteiger partial charge is 0.274 e. The lowest BCUT2D eigenvalue weighted by molar-refractivity contribution is -0.915. The summed E-state index contributed by atoms with van der Waals surface area (Å²) >= 11 is 0. The summed E-state index contributed by atoms with van der Waals surface area (Å²) in [4.78, 5) is 19.9. The summed E-state index contributed by atoms with van der Waals surface area (Å²) in [6.45, 7) is 4.55. The predicted molar refractivity (Wildman–Crippen MR) is 104 cm³/mol. The van der Waals surface area contributed by atoms with Crippen molar-refractivity contribution in [2.45, 2.75) is 6.54 Å². The highest BCUT2D eigenvalue weighted by molar-refractivity contribution is 5.53. The van der Waals surface area contributed by atoms with Gasteiger partial charge in [-0.05, 0) is 30.3 Å². The zero-order valence-electron chi connectivity index (χ0n) is 15.4. The summed E-state index contributed by atoms with van der Waals surface area (Å²) in [6, 6.07) is 12.1. The molecule has 0 saturated carbocycles. The van der Waals surface area contributed by atoms with Gasteiger partial charge in [-0.25, -0.2) is 9.37 Å². The van der Waals surface area contributed by atoms with E-state index in [9.17, 15) is 4.39 Å². The van der Waals surface area contributed by atoms with E-state index in [1.54, 1.807) is 12.1 Å². The van der Waals surface area contributed by atoms with E-state index in [1.165, 1.54) is 17.0 Å². The first-order chi connectivity index (χ1) is 13.7. The van der Waals surface area contributed by atoms with Crippen molar-refractivity contribution in [1.82, 2.24) is 15.0 Å². The van der Waals surface area contributed by atoms with E-state index < -0.39 is 0 Å². The monoisotopic (exact) mass is 382 g/mol. The van der Waals surface area contributed by atoms with Crippen LogP contribution in [-0.4, -0.2) is 41.1 Å². The molecule has 9 heteroatoms. The van der Waals surface area contributed by atoms with Gasteiger partial charge < -0.3 is 16.0 Å². The first-order valence-electron chi connectivity index (χ1n) is 9.24. The third-order valence-electron chi connectivity index (χ3n) is 4.71. The van der Waals surface area contributed by atoms with Crippen LogP contribution in [0, 0.1) is 5.82 Å². The number of anilines is 4. The highest BCUT2D eigenvalue weighted by atomic mass is 19.1. The molecule has 2 aromatic heterocycles. The molecule has 1 aliphatic heterocycles. The van der Waals surface area contributed by atoms with Crippen molar-refractivity contribution < 1.29 is 14.3 Å².